The summed E-state index contributed by atoms with van der Waals surface area (Å²) in [6.07, 6.45) is -2.92. The molecule has 1 saturated heterocycles. The molecule has 29 heavy (non-hydrogen) atoms. The number of alkyl halides is 1. The minimum atomic E-state index is -1.79. The van der Waals surface area contributed by atoms with Crippen molar-refractivity contribution in [1.29, 1.82) is 0 Å². The van der Waals surface area contributed by atoms with Gasteiger partial charge < -0.3 is 19.9 Å². The van der Waals surface area contributed by atoms with Crippen LogP contribution in [0, 0.1) is 11.8 Å². The maximum atomic E-state index is 15.5. The van der Waals surface area contributed by atoms with Crippen molar-refractivity contribution in [3.05, 3.63) is 12.4 Å². The Labute approximate surface area is 169 Å². The number of rotatable bonds is 7. The number of carbonyl (C=O) groups is 2. The maximum absolute atomic E-state index is 15.5. The lowest BCUT2D eigenvalue weighted by atomic mass is 9.93. The molecule has 0 spiro atoms. The Balaban J connectivity index is 2.34. The standard InChI is InChI=1S/C19H29FN4O5/c1-7-19(9-27-17(25)10(2)3)15(28-18(26)11(4)5)14(20)16(29-19)24-12(6)23-13(21)8-22-24/h8,10-11,14-16H,6-7,9H2,1-5H3,(H2,21,23)/t14-,15+,16-,19-/m1/s1. The topological polar surface area (TPSA) is 116 Å². The van der Waals surface area contributed by atoms with Crippen molar-refractivity contribution in [3.8, 4) is 0 Å². The number of nitrogens with zero attached hydrogens (tertiary/aromatic N) is 3. The van der Waals surface area contributed by atoms with Crippen LogP contribution in [-0.2, 0) is 23.8 Å². The number of esters is 2. The monoisotopic (exact) mass is 412 g/mol. The Morgan fingerprint density at radius 2 is 1.97 bits per heavy atom. The molecule has 2 aliphatic heterocycles. The summed E-state index contributed by atoms with van der Waals surface area (Å²) in [5.41, 5.74) is 4.20. The van der Waals surface area contributed by atoms with Crippen LogP contribution in [0.4, 0.5) is 4.39 Å². The molecular formula is C19H29FN4O5. The first-order chi connectivity index (χ1) is 13.5. The van der Waals surface area contributed by atoms with Gasteiger partial charge in [0.15, 0.2) is 18.5 Å². The average Bonchev–Trinajstić information content (AvgIpc) is 2.92. The summed E-state index contributed by atoms with van der Waals surface area (Å²) in [6.45, 7) is 11.8. The molecule has 2 N–H and O–H groups in total. The van der Waals surface area contributed by atoms with Gasteiger partial charge in [0.25, 0.3) is 0 Å². The summed E-state index contributed by atoms with van der Waals surface area (Å²) >= 11 is 0. The van der Waals surface area contributed by atoms with Gasteiger partial charge in [0.1, 0.15) is 23.9 Å². The van der Waals surface area contributed by atoms with E-state index in [0.29, 0.717) is 0 Å². The van der Waals surface area contributed by atoms with Crippen molar-refractivity contribution < 1.29 is 28.2 Å². The molecule has 0 aromatic rings. The van der Waals surface area contributed by atoms with Crippen LogP contribution in [0.15, 0.2) is 22.5 Å². The van der Waals surface area contributed by atoms with E-state index in [1.807, 2.05) is 0 Å². The van der Waals surface area contributed by atoms with E-state index in [9.17, 15) is 9.59 Å². The second-order valence-corrected chi connectivity index (χ2v) is 7.69. The zero-order valence-electron chi connectivity index (χ0n) is 17.4. The molecule has 2 aliphatic rings. The molecule has 4 atom stereocenters. The van der Waals surface area contributed by atoms with Crippen LogP contribution < -0.4 is 5.73 Å². The van der Waals surface area contributed by atoms with Crippen molar-refractivity contribution in [2.75, 3.05) is 6.61 Å². The van der Waals surface area contributed by atoms with E-state index < -0.39 is 42.0 Å². The lowest BCUT2D eigenvalue weighted by molar-refractivity contribution is -0.184. The lowest BCUT2D eigenvalue weighted by Crippen LogP contribution is -2.49. The van der Waals surface area contributed by atoms with E-state index in [2.05, 4.69) is 16.7 Å². The molecule has 2 heterocycles. The average molecular weight is 412 g/mol. The molecule has 9 nitrogen and oxygen atoms in total. The van der Waals surface area contributed by atoms with Gasteiger partial charge in [0, 0.05) is 0 Å². The molecule has 0 aliphatic carbocycles. The van der Waals surface area contributed by atoms with Crippen molar-refractivity contribution in [2.24, 2.45) is 27.7 Å². The van der Waals surface area contributed by atoms with Crippen LogP contribution in [0.3, 0.4) is 0 Å². The van der Waals surface area contributed by atoms with Crippen LogP contribution in [0.2, 0.25) is 0 Å². The predicted octanol–water partition coefficient (Wildman–Crippen LogP) is 1.73. The summed E-state index contributed by atoms with van der Waals surface area (Å²) in [5, 5.41) is 5.17. The molecule has 0 bridgehead atoms. The van der Waals surface area contributed by atoms with Crippen molar-refractivity contribution >= 4 is 24.0 Å². The molecule has 10 heteroatoms. The smallest absolute Gasteiger partial charge is 0.308 e. The molecule has 0 radical (unpaired) electrons. The Bertz CT molecular complexity index is 723. The fourth-order valence-corrected chi connectivity index (χ4v) is 2.92. The van der Waals surface area contributed by atoms with E-state index in [1.54, 1.807) is 34.6 Å². The number of hydrogen-bond donors (Lipinski definition) is 1. The third kappa shape index (κ3) is 4.75. The number of ether oxygens (including phenoxy) is 3. The number of halogens is 1. The van der Waals surface area contributed by atoms with E-state index in [4.69, 9.17) is 19.9 Å². The van der Waals surface area contributed by atoms with Crippen molar-refractivity contribution in [3.63, 3.8) is 0 Å². The molecule has 1 fully saturated rings. The molecule has 0 saturated carbocycles. The van der Waals surface area contributed by atoms with Gasteiger partial charge in [-0.3, -0.25) is 9.59 Å². The van der Waals surface area contributed by atoms with E-state index in [1.165, 1.54) is 6.21 Å². The van der Waals surface area contributed by atoms with E-state index in [-0.39, 0.29) is 30.6 Å². The number of hydrazone groups is 1. The number of aliphatic imine (C=N–C) groups is 1. The molecule has 0 unspecified atom stereocenters. The second-order valence-electron chi connectivity index (χ2n) is 7.69. The van der Waals surface area contributed by atoms with Crippen molar-refractivity contribution in [1.82, 2.24) is 5.01 Å². The van der Waals surface area contributed by atoms with Gasteiger partial charge in [-0.2, -0.15) is 5.10 Å². The number of nitrogens with two attached hydrogens (primary N) is 1. The van der Waals surface area contributed by atoms with E-state index in [0.717, 1.165) is 5.01 Å². The Morgan fingerprint density at radius 1 is 1.34 bits per heavy atom. The fraction of sp³-hybridized carbons (Fsp3) is 0.684. The minimum absolute atomic E-state index is 0.0812. The predicted molar refractivity (Wildman–Crippen MR) is 104 cm³/mol. The Kier molecular flexibility index (Phi) is 6.99. The SMILES string of the molecule is C=C1N=C(N)C=NN1[C@@H]1O[C@](CC)(COC(=O)C(C)C)[C@@H](OC(=O)C(C)C)[C@H]1F. The molecule has 2 rings (SSSR count). The number of amidine groups is 1. The number of hydrogen-bond acceptors (Lipinski definition) is 9. The molecule has 0 aromatic heterocycles. The van der Waals surface area contributed by atoms with Crippen LogP contribution in [-0.4, -0.2) is 59.7 Å². The molecular weight excluding hydrogens is 383 g/mol. The summed E-state index contributed by atoms with van der Waals surface area (Å²) in [4.78, 5) is 28.2. The zero-order chi connectivity index (χ0) is 21.9. The summed E-state index contributed by atoms with van der Waals surface area (Å²) < 4.78 is 32.3. The molecule has 162 valence electrons. The van der Waals surface area contributed by atoms with Gasteiger partial charge >= 0.3 is 11.9 Å². The third-order valence-electron chi connectivity index (χ3n) is 4.76. The van der Waals surface area contributed by atoms with Crippen molar-refractivity contribution in [2.45, 2.75) is 65.1 Å². The first kappa shape index (κ1) is 22.8. The van der Waals surface area contributed by atoms with Gasteiger partial charge in [0.05, 0.1) is 18.1 Å². The van der Waals surface area contributed by atoms with Gasteiger partial charge in [-0.25, -0.2) is 14.4 Å². The van der Waals surface area contributed by atoms with Gasteiger partial charge in [-0.15, -0.1) is 0 Å². The third-order valence-corrected chi connectivity index (χ3v) is 4.76. The minimum Gasteiger partial charge on any atom is -0.462 e. The van der Waals surface area contributed by atoms with Gasteiger partial charge in [-0.1, -0.05) is 41.2 Å². The quantitative estimate of drug-likeness (QED) is 0.633. The van der Waals surface area contributed by atoms with Crippen LogP contribution in [0.25, 0.3) is 0 Å². The summed E-state index contributed by atoms with van der Waals surface area (Å²) in [6, 6.07) is 0. The highest BCUT2D eigenvalue weighted by Crippen LogP contribution is 2.41. The highest BCUT2D eigenvalue weighted by molar-refractivity contribution is 6.29. The Hall–Kier alpha value is -2.49. The van der Waals surface area contributed by atoms with E-state index >= 15 is 4.39 Å². The fourth-order valence-electron chi connectivity index (χ4n) is 2.92. The van der Waals surface area contributed by atoms with Crippen LogP contribution in [0.1, 0.15) is 41.0 Å². The Morgan fingerprint density at radius 3 is 2.48 bits per heavy atom. The number of carbonyl (C=O) groups excluding carboxylic acids is 2. The first-order valence-corrected chi connectivity index (χ1v) is 9.57. The lowest BCUT2D eigenvalue weighted by Gasteiger charge is -2.33. The normalized spacial score (nSPS) is 29.4. The molecule has 0 aromatic carbocycles. The van der Waals surface area contributed by atoms with Crippen LogP contribution >= 0.6 is 0 Å². The zero-order valence-corrected chi connectivity index (χ0v) is 17.4. The first-order valence-electron chi connectivity index (χ1n) is 9.57. The summed E-state index contributed by atoms with van der Waals surface area (Å²) in [5.74, 6) is -1.69. The second kappa shape index (κ2) is 8.89. The van der Waals surface area contributed by atoms with Crippen LogP contribution in [0.5, 0.6) is 0 Å². The maximum Gasteiger partial charge on any atom is 0.308 e. The summed E-state index contributed by atoms with van der Waals surface area (Å²) in [7, 11) is 0. The van der Waals surface area contributed by atoms with Gasteiger partial charge in [-0.05, 0) is 6.42 Å². The van der Waals surface area contributed by atoms with Gasteiger partial charge in [0.2, 0.25) is 0 Å². The highest BCUT2D eigenvalue weighted by atomic mass is 19.1. The largest absolute Gasteiger partial charge is 0.462 e. The highest BCUT2D eigenvalue weighted by Gasteiger charge is 2.60. The molecule has 0 amide bonds.